The lowest BCUT2D eigenvalue weighted by molar-refractivity contribution is 0.140. The molecule has 0 spiro atoms. The first kappa shape index (κ1) is 17.0. The van der Waals surface area contributed by atoms with Crippen molar-refractivity contribution < 1.29 is 13.3 Å². The van der Waals surface area contributed by atoms with E-state index in [1.165, 1.54) is 0 Å². The minimum absolute atomic E-state index is 0.798. The molecule has 3 nitrogen and oxygen atoms in total. The second-order valence-electron chi connectivity index (χ2n) is 4.58. The van der Waals surface area contributed by atoms with Gasteiger partial charge in [-0.2, -0.15) is 0 Å². The smallest absolute Gasteiger partial charge is 0.373 e. The van der Waals surface area contributed by atoms with E-state index < -0.39 is 8.80 Å². The molecule has 0 aromatic heterocycles. The highest BCUT2D eigenvalue weighted by molar-refractivity contribution is 6.75. The molecule has 0 heterocycles. The van der Waals surface area contributed by atoms with Gasteiger partial charge in [-0.3, -0.25) is 0 Å². The number of rotatable bonds is 4. The highest BCUT2D eigenvalue weighted by atomic mass is 28.4. The van der Waals surface area contributed by atoms with Gasteiger partial charge >= 0.3 is 8.80 Å². The van der Waals surface area contributed by atoms with E-state index in [1.54, 1.807) is 21.3 Å². The van der Waals surface area contributed by atoms with Crippen molar-refractivity contribution in [2.24, 2.45) is 0 Å². The van der Waals surface area contributed by atoms with Crippen LogP contribution in [0.25, 0.3) is 0 Å². The molecule has 0 radical (unpaired) electrons. The SMILES string of the molecule is CO[Si](OC)(OC)c1ccccc1C#CC#Cc1ccccc1. The van der Waals surface area contributed by atoms with Crippen LogP contribution in [0.2, 0.25) is 0 Å². The van der Waals surface area contributed by atoms with E-state index >= 15 is 0 Å². The zero-order valence-electron chi connectivity index (χ0n) is 13.4. The van der Waals surface area contributed by atoms with Crippen LogP contribution in [-0.2, 0) is 13.3 Å². The molecule has 0 aliphatic rings. The summed E-state index contributed by atoms with van der Waals surface area (Å²) in [5, 5.41) is 0.835. The lowest BCUT2D eigenvalue weighted by atomic mass is 10.2. The van der Waals surface area contributed by atoms with Crippen LogP contribution < -0.4 is 5.19 Å². The van der Waals surface area contributed by atoms with Crippen molar-refractivity contribution >= 4 is 14.0 Å². The normalized spacial score (nSPS) is 10.2. The topological polar surface area (TPSA) is 27.7 Å². The fourth-order valence-corrected chi connectivity index (χ4v) is 4.10. The molecule has 0 aliphatic carbocycles. The van der Waals surface area contributed by atoms with E-state index in [-0.39, 0.29) is 0 Å². The summed E-state index contributed by atoms with van der Waals surface area (Å²) in [4.78, 5) is 0. The van der Waals surface area contributed by atoms with E-state index in [4.69, 9.17) is 13.3 Å². The molecule has 0 bridgehead atoms. The molecule has 0 unspecified atom stereocenters. The Labute approximate surface area is 138 Å². The Kier molecular flexibility index (Phi) is 6.16. The first-order valence-corrected chi connectivity index (χ1v) is 8.80. The molecule has 0 saturated heterocycles. The fraction of sp³-hybridized carbons (Fsp3) is 0.158. The Balaban J connectivity index is 2.33. The molecule has 0 amide bonds. The van der Waals surface area contributed by atoms with E-state index in [2.05, 4.69) is 23.7 Å². The van der Waals surface area contributed by atoms with Gasteiger partial charge in [-0.15, -0.1) is 0 Å². The van der Waals surface area contributed by atoms with Gasteiger partial charge in [0.15, 0.2) is 0 Å². The predicted octanol–water partition coefficient (Wildman–Crippen LogP) is 2.17. The van der Waals surface area contributed by atoms with Crippen molar-refractivity contribution in [1.29, 1.82) is 0 Å². The third-order valence-corrected chi connectivity index (χ3v) is 6.01. The quantitative estimate of drug-likeness (QED) is 0.638. The summed E-state index contributed by atoms with van der Waals surface area (Å²) in [5.74, 6) is 11.8. The van der Waals surface area contributed by atoms with Crippen LogP contribution in [0.4, 0.5) is 0 Å². The summed E-state index contributed by atoms with van der Waals surface area (Å²) in [6, 6.07) is 17.4. The van der Waals surface area contributed by atoms with Crippen LogP contribution >= 0.6 is 0 Å². The number of hydrogen-bond acceptors (Lipinski definition) is 3. The van der Waals surface area contributed by atoms with Crippen LogP contribution in [0.1, 0.15) is 11.1 Å². The number of hydrogen-bond donors (Lipinski definition) is 0. The lowest BCUT2D eigenvalue weighted by Gasteiger charge is -2.25. The molecule has 0 saturated carbocycles. The maximum Gasteiger partial charge on any atom is 0.537 e. The van der Waals surface area contributed by atoms with Gasteiger partial charge in [-0.25, -0.2) is 0 Å². The third kappa shape index (κ3) is 4.10. The first-order chi connectivity index (χ1) is 11.3. The average molecular weight is 322 g/mol. The highest BCUT2D eigenvalue weighted by Crippen LogP contribution is 2.09. The summed E-state index contributed by atoms with van der Waals surface area (Å²) >= 11 is 0. The second kappa shape index (κ2) is 8.33. The Bertz CT molecular complexity index is 751. The summed E-state index contributed by atoms with van der Waals surface area (Å²) in [6.45, 7) is 0. The molecule has 23 heavy (non-hydrogen) atoms. The third-order valence-electron chi connectivity index (χ3n) is 3.30. The van der Waals surface area contributed by atoms with Crippen molar-refractivity contribution in [2.45, 2.75) is 0 Å². The molecule has 116 valence electrons. The first-order valence-electron chi connectivity index (χ1n) is 7.08. The van der Waals surface area contributed by atoms with Crippen molar-refractivity contribution in [1.82, 2.24) is 0 Å². The molecule has 0 aliphatic heterocycles. The largest absolute Gasteiger partial charge is 0.537 e. The second-order valence-corrected chi connectivity index (χ2v) is 7.46. The van der Waals surface area contributed by atoms with E-state index in [1.807, 2.05) is 54.6 Å². The predicted molar refractivity (Wildman–Crippen MR) is 93.1 cm³/mol. The lowest BCUT2D eigenvalue weighted by Crippen LogP contribution is -2.55. The monoisotopic (exact) mass is 322 g/mol. The van der Waals surface area contributed by atoms with Crippen LogP contribution in [0.3, 0.4) is 0 Å². The van der Waals surface area contributed by atoms with Gasteiger partial charge < -0.3 is 13.3 Å². The van der Waals surface area contributed by atoms with Crippen LogP contribution in [0, 0.1) is 23.7 Å². The van der Waals surface area contributed by atoms with Gasteiger partial charge in [0.1, 0.15) is 0 Å². The maximum atomic E-state index is 5.53. The van der Waals surface area contributed by atoms with Crippen molar-refractivity contribution in [3.05, 3.63) is 65.7 Å². The Hall–Kier alpha value is -2.34. The minimum atomic E-state index is -2.91. The molecule has 0 N–H and O–H groups in total. The van der Waals surface area contributed by atoms with Crippen LogP contribution in [0.15, 0.2) is 54.6 Å². The molecular weight excluding hydrogens is 304 g/mol. The van der Waals surface area contributed by atoms with Crippen molar-refractivity contribution in [3.8, 4) is 23.7 Å². The van der Waals surface area contributed by atoms with Crippen LogP contribution in [-0.4, -0.2) is 30.1 Å². The molecule has 2 rings (SSSR count). The standard InChI is InChI=1S/C19H18O3Si/c1-20-23(21-2,22-3)19-16-10-9-15-18(19)14-8-7-13-17-11-5-4-6-12-17/h4-6,9-12,15-16H,1-3H3. The van der Waals surface area contributed by atoms with E-state index in [0.717, 1.165) is 16.3 Å². The van der Waals surface area contributed by atoms with Gasteiger partial charge in [0.2, 0.25) is 0 Å². The molecule has 2 aromatic carbocycles. The van der Waals surface area contributed by atoms with Gasteiger partial charge in [-0.05, 0) is 30.0 Å². The molecule has 2 aromatic rings. The Morgan fingerprint density at radius 3 is 1.91 bits per heavy atom. The summed E-state index contributed by atoms with van der Waals surface area (Å²) in [6.07, 6.45) is 0. The van der Waals surface area contributed by atoms with Crippen molar-refractivity contribution in [2.75, 3.05) is 21.3 Å². The summed E-state index contributed by atoms with van der Waals surface area (Å²) in [7, 11) is 1.83. The number of benzene rings is 2. The molecular formula is C19H18O3Si. The highest BCUT2D eigenvalue weighted by Gasteiger charge is 2.42. The van der Waals surface area contributed by atoms with Gasteiger partial charge in [-0.1, -0.05) is 48.2 Å². The average Bonchev–Trinajstić information content (AvgIpc) is 2.63. The van der Waals surface area contributed by atoms with Gasteiger partial charge in [0.05, 0.1) is 0 Å². The van der Waals surface area contributed by atoms with Gasteiger partial charge in [0, 0.05) is 37.6 Å². The van der Waals surface area contributed by atoms with E-state index in [9.17, 15) is 0 Å². The molecule has 0 fully saturated rings. The molecule has 4 heteroatoms. The van der Waals surface area contributed by atoms with E-state index in [0.29, 0.717) is 0 Å². The molecule has 0 atom stereocenters. The Morgan fingerprint density at radius 2 is 1.26 bits per heavy atom. The zero-order chi connectivity index (χ0) is 16.5. The Morgan fingerprint density at radius 1 is 0.696 bits per heavy atom. The van der Waals surface area contributed by atoms with Crippen LogP contribution in [0.5, 0.6) is 0 Å². The summed E-state index contributed by atoms with van der Waals surface area (Å²) in [5.41, 5.74) is 1.73. The summed E-state index contributed by atoms with van der Waals surface area (Å²) < 4.78 is 16.6. The van der Waals surface area contributed by atoms with Crippen molar-refractivity contribution in [3.63, 3.8) is 0 Å². The van der Waals surface area contributed by atoms with Gasteiger partial charge in [0.25, 0.3) is 0 Å². The zero-order valence-corrected chi connectivity index (χ0v) is 14.4. The maximum absolute atomic E-state index is 5.53. The minimum Gasteiger partial charge on any atom is -0.373 e. The fourth-order valence-electron chi connectivity index (χ4n) is 2.16.